The second-order valence-electron chi connectivity index (χ2n) is 7.17. The van der Waals surface area contributed by atoms with Crippen LogP contribution in [0.3, 0.4) is 0 Å². The highest BCUT2D eigenvalue weighted by atomic mass is 16.5. The number of likely N-dealkylation sites (N-methyl/N-ethyl adjacent to an activating group) is 1. The number of benzene rings is 3. The fraction of sp³-hybridized carbons (Fsp3) is 0.292. The number of hydrogen-bond donors (Lipinski definition) is 1. The lowest BCUT2D eigenvalue weighted by Crippen LogP contribution is -2.34. The number of nitrogens with zero attached hydrogens (tertiary/aromatic N) is 1. The first-order valence-electron chi connectivity index (χ1n) is 9.72. The zero-order valence-electron chi connectivity index (χ0n) is 18.1. The van der Waals surface area contributed by atoms with Crippen LogP contribution in [-0.2, 0) is 0 Å². The molecule has 6 nitrogen and oxygen atoms in total. The number of carbonyl (C=O) groups is 1. The average Bonchev–Trinajstić information content (AvgIpc) is 2.77. The smallest absolute Gasteiger partial charge is 0.251 e. The Balaban J connectivity index is 1.86. The Morgan fingerprint density at radius 2 is 1.57 bits per heavy atom. The molecule has 0 saturated carbocycles. The maximum atomic E-state index is 12.9. The van der Waals surface area contributed by atoms with Crippen LogP contribution in [-0.4, -0.2) is 52.8 Å². The van der Waals surface area contributed by atoms with Crippen LogP contribution >= 0.6 is 0 Å². The van der Waals surface area contributed by atoms with Crippen molar-refractivity contribution >= 4 is 16.7 Å². The van der Waals surface area contributed by atoms with E-state index in [0.717, 1.165) is 0 Å². The largest absolute Gasteiger partial charge is 0.493 e. The molecule has 1 N–H and O–H groups in total. The normalized spacial score (nSPS) is 11.9. The highest BCUT2D eigenvalue weighted by Gasteiger charge is 2.20. The first-order chi connectivity index (χ1) is 14.5. The highest BCUT2D eigenvalue weighted by molar-refractivity contribution is 5.95. The Bertz CT molecular complexity index is 1000. The van der Waals surface area contributed by atoms with Gasteiger partial charge < -0.3 is 24.4 Å². The summed E-state index contributed by atoms with van der Waals surface area (Å²) < 4.78 is 16.0. The second-order valence-corrected chi connectivity index (χ2v) is 7.17. The lowest BCUT2D eigenvalue weighted by molar-refractivity contribution is 0.0941. The predicted molar refractivity (Wildman–Crippen MR) is 119 cm³/mol. The lowest BCUT2D eigenvalue weighted by Gasteiger charge is -2.26. The highest BCUT2D eigenvalue weighted by Crippen LogP contribution is 2.38. The standard InChI is InChI=1S/C24H28N2O4/c1-26(2)20(19-12-8-10-16-9-6-7-11-18(16)19)15-25-24(27)17-13-21(28-3)23(30-5)22(14-17)29-4/h6-14,20H,15H2,1-5H3,(H,25,27)/t20-/m1/s1. The Morgan fingerprint density at radius 3 is 2.17 bits per heavy atom. The molecule has 158 valence electrons. The molecule has 3 aromatic carbocycles. The maximum absolute atomic E-state index is 12.9. The molecule has 3 aromatic rings. The van der Waals surface area contributed by atoms with E-state index in [-0.39, 0.29) is 11.9 Å². The molecule has 0 heterocycles. The van der Waals surface area contributed by atoms with Crippen LogP contribution in [0.5, 0.6) is 17.2 Å². The molecule has 0 unspecified atom stereocenters. The summed E-state index contributed by atoms with van der Waals surface area (Å²) in [5.74, 6) is 1.14. The summed E-state index contributed by atoms with van der Waals surface area (Å²) in [5, 5.41) is 5.41. The van der Waals surface area contributed by atoms with Gasteiger partial charge in [-0.25, -0.2) is 0 Å². The molecular weight excluding hydrogens is 380 g/mol. The molecule has 1 atom stereocenters. The number of hydrogen-bond acceptors (Lipinski definition) is 5. The Hall–Kier alpha value is -3.25. The van der Waals surface area contributed by atoms with Gasteiger partial charge in [0.1, 0.15) is 0 Å². The van der Waals surface area contributed by atoms with Crippen LogP contribution in [0.4, 0.5) is 0 Å². The van der Waals surface area contributed by atoms with Crippen molar-refractivity contribution < 1.29 is 19.0 Å². The van der Waals surface area contributed by atoms with Gasteiger partial charge in [-0.05, 0) is 42.6 Å². The van der Waals surface area contributed by atoms with Crippen molar-refractivity contribution in [3.8, 4) is 17.2 Å². The molecule has 0 aliphatic carbocycles. The van der Waals surface area contributed by atoms with Crippen molar-refractivity contribution in [1.29, 1.82) is 0 Å². The van der Waals surface area contributed by atoms with E-state index in [1.54, 1.807) is 12.1 Å². The van der Waals surface area contributed by atoms with Gasteiger partial charge in [-0.2, -0.15) is 0 Å². The molecule has 0 aromatic heterocycles. The number of ether oxygens (including phenoxy) is 3. The van der Waals surface area contributed by atoms with Crippen molar-refractivity contribution in [2.24, 2.45) is 0 Å². The molecule has 0 radical (unpaired) electrons. The van der Waals surface area contributed by atoms with Gasteiger partial charge in [0.2, 0.25) is 5.75 Å². The third-order valence-corrected chi connectivity index (χ3v) is 5.19. The van der Waals surface area contributed by atoms with Crippen LogP contribution in [0.15, 0.2) is 54.6 Å². The van der Waals surface area contributed by atoms with E-state index in [1.165, 1.54) is 37.7 Å². The van der Waals surface area contributed by atoms with Crippen LogP contribution in [0.1, 0.15) is 22.0 Å². The fourth-order valence-corrected chi connectivity index (χ4v) is 3.62. The fourth-order valence-electron chi connectivity index (χ4n) is 3.62. The van der Waals surface area contributed by atoms with Crippen molar-refractivity contribution in [3.05, 3.63) is 65.7 Å². The minimum atomic E-state index is -0.207. The van der Waals surface area contributed by atoms with Gasteiger partial charge in [0, 0.05) is 12.1 Å². The monoisotopic (exact) mass is 408 g/mol. The predicted octanol–water partition coefficient (Wildman–Crippen LogP) is 3.90. The minimum Gasteiger partial charge on any atom is -0.493 e. The van der Waals surface area contributed by atoms with E-state index in [4.69, 9.17) is 14.2 Å². The van der Waals surface area contributed by atoms with E-state index in [0.29, 0.717) is 29.4 Å². The van der Waals surface area contributed by atoms with Crippen molar-refractivity contribution in [2.75, 3.05) is 42.0 Å². The number of rotatable bonds is 8. The summed E-state index contributed by atoms with van der Waals surface area (Å²) in [5.41, 5.74) is 1.61. The van der Waals surface area contributed by atoms with Gasteiger partial charge in [0.05, 0.1) is 27.4 Å². The Labute approximate surface area is 177 Å². The van der Waals surface area contributed by atoms with Gasteiger partial charge in [-0.15, -0.1) is 0 Å². The van der Waals surface area contributed by atoms with Gasteiger partial charge in [-0.1, -0.05) is 42.5 Å². The molecule has 0 saturated heterocycles. The van der Waals surface area contributed by atoms with Crippen LogP contribution in [0.25, 0.3) is 10.8 Å². The van der Waals surface area contributed by atoms with E-state index < -0.39 is 0 Å². The summed E-state index contributed by atoms with van der Waals surface area (Å²) in [7, 11) is 8.62. The van der Waals surface area contributed by atoms with Gasteiger partial charge in [-0.3, -0.25) is 4.79 Å². The number of methoxy groups -OCH3 is 3. The molecular formula is C24H28N2O4. The number of fused-ring (bicyclic) bond motifs is 1. The molecule has 30 heavy (non-hydrogen) atoms. The van der Waals surface area contributed by atoms with Gasteiger partial charge in [0.25, 0.3) is 5.91 Å². The summed E-state index contributed by atoms with van der Waals surface area (Å²) in [6, 6.07) is 17.9. The quantitative estimate of drug-likeness (QED) is 0.613. The van der Waals surface area contributed by atoms with E-state index in [2.05, 4.69) is 40.5 Å². The second kappa shape index (κ2) is 9.50. The Morgan fingerprint density at radius 1 is 0.933 bits per heavy atom. The molecule has 0 spiro atoms. The van der Waals surface area contributed by atoms with E-state index >= 15 is 0 Å². The SMILES string of the molecule is COc1cc(C(=O)NC[C@H](c2cccc3ccccc23)N(C)C)cc(OC)c1OC. The Kier molecular flexibility index (Phi) is 6.79. The third kappa shape index (κ3) is 4.33. The van der Waals surface area contributed by atoms with Gasteiger partial charge >= 0.3 is 0 Å². The summed E-state index contributed by atoms with van der Waals surface area (Å²) in [6.07, 6.45) is 0. The van der Waals surface area contributed by atoms with Crippen molar-refractivity contribution in [2.45, 2.75) is 6.04 Å². The van der Waals surface area contributed by atoms with Gasteiger partial charge in [0.15, 0.2) is 11.5 Å². The summed E-state index contributed by atoms with van der Waals surface area (Å²) >= 11 is 0. The van der Waals surface area contributed by atoms with Crippen LogP contribution in [0, 0.1) is 0 Å². The number of amides is 1. The lowest BCUT2D eigenvalue weighted by atomic mass is 9.98. The first-order valence-corrected chi connectivity index (χ1v) is 9.72. The minimum absolute atomic E-state index is 0.0158. The summed E-state index contributed by atoms with van der Waals surface area (Å²) in [4.78, 5) is 15.0. The maximum Gasteiger partial charge on any atom is 0.251 e. The molecule has 3 rings (SSSR count). The third-order valence-electron chi connectivity index (χ3n) is 5.19. The van der Waals surface area contributed by atoms with Crippen molar-refractivity contribution in [3.63, 3.8) is 0 Å². The molecule has 6 heteroatoms. The zero-order chi connectivity index (χ0) is 21.7. The zero-order valence-corrected chi connectivity index (χ0v) is 18.1. The van der Waals surface area contributed by atoms with E-state index in [1.807, 2.05) is 26.2 Å². The van der Waals surface area contributed by atoms with E-state index in [9.17, 15) is 4.79 Å². The van der Waals surface area contributed by atoms with Crippen LogP contribution < -0.4 is 19.5 Å². The summed E-state index contributed by atoms with van der Waals surface area (Å²) in [6.45, 7) is 0.455. The molecule has 0 aliphatic rings. The first kappa shape index (κ1) is 21.5. The number of carbonyl (C=O) groups excluding carboxylic acids is 1. The molecule has 0 fully saturated rings. The molecule has 0 bridgehead atoms. The average molecular weight is 408 g/mol. The number of nitrogens with one attached hydrogen (secondary N) is 1. The van der Waals surface area contributed by atoms with Crippen LogP contribution in [0.2, 0.25) is 0 Å². The molecule has 0 aliphatic heterocycles. The molecule has 1 amide bonds. The van der Waals surface area contributed by atoms with Crippen molar-refractivity contribution in [1.82, 2.24) is 10.2 Å². The topological polar surface area (TPSA) is 60.0 Å².